The first-order valence-electron chi connectivity index (χ1n) is 9.40. The molecule has 0 spiro atoms. The number of rotatable bonds is 3. The van der Waals surface area contributed by atoms with Crippen molar-refractivity contribution < 1.29 is 14.3 Å². The van der Waals surface area contributed by atoms with Crippen molar-refractivity contribution in [3.05, 3.63) is 59.1 Å². The van der Waals surface area contributed by atoms with Gasteiger partial charge in [-0.1, -0.05) is 23.7 Å². The number of anilines is 1. The second-order valence-corrected chi connectivity index (χ2v) is 7.79. The molecule has 5 rings (SSSR count). The van der Waals surface area contributed by atoms with E-state index in [1.807, 2.05) is 24.3 Å². The van der Waals surface area contributed by atoms with Crippen molar-refractivity contribution in [1.82, 2.24) is 10.0 Å². The van der Waals surface area contributed by atoms with Gasteiger partial charge in [-0.05, 0) is 48.4 Å². The van der Waals surface area contributed by atoms with E-state index in [9.17, 15) is 9.59 Å². The first-order valence-corrected chi connectivity index (χ1v) is 9.78. The Morgan fingerprint density at radius 1 is 0.893 bits per heavy atom. The number of hydrogen-bond acceptors (Lipinski definition) is 5. The first-order chi connectivity index (χ1) is 13.6. The van der Waals surface area contributed by atoms with Crippen LogP contribution in [-0.2, 0) is 9.59 Å². The topological polar surface area (TPSA) is 53.1 Å². The van der Waals surface area contributed by atoms with E-state index >= 15 is 0 Å². The first kappa shape index (κ1) is 17.7. The number of carbonyl (C=O) groups excluding carboxylic acids is 2. The molecule has 0 radical (unpaired) electrons. The lowest BCUT2D eigenvalue weighted by molar-refractivity contribution is -0.126. The summed E-state index contributed by atoms with van der Waals surface area (Å²) in [5, 5.41) is 4.94. The molecule has 6 nitrogen and oxygen atoms in total. The number of fused-ring (bicyclic) bond motifs is 3. The second kappa shape index (κ2) is 6.58. The van der Waals surface area contributed by atoms with E-state index in [-0.39, 0.29) is 17.9 Å². The van der Waals surface area contributed by atoms with Gasteiger partial charge in [-0.15, -0.1) is 0 Å². The summed E-state index contributed by atoms with van der Waals surface area (Å²) in [6.45, 7) is 1.64. The Hall–Kier alpha value is -2.41. The van der Waals surface area contributed by atoms with Gasteiger partial charge in [0.2, 0.25) is 5.91 Å². The number of hydrogen-bond donors (Lipinski definition) is 0. The largest absolute Gasteiger partial charge is 0.497 e. The standard InChI is InChI=1S/C21H20ClN3O3/c1-28-16-9-7-15(8-10-16)25-20(26)17-18(13-3-5-14(22)6-4-13)23-11-2-12-24(23)19(17)21(25)27/h3-10,17-19H,2,11-12H2,1H3. The minimum Gasteiger partial charge on any atom is -0.497 e. The average Bonchev–Trinajstić information content (AvgIpc) is 3.35. The molecule has 2 aromatic rings. The molecule has 0 saturated carbocycles. The monoisotopic (exact) mass is 397 g/mol. The fourth-order valence-electron chi connectivity index (χ4n) is 4.76. The van der Waals surface area contributed by atoms with Gasteiger partial charge in [0.15, 0.2) is 0 Å². The molecule has 3 heterocycles. The highest BCUT2D eigenvalue weighted by atomic mass is 35.5. The molecule has 3 unspecified atom stereocenters. The number of nitrogens with zero attached hydrogens (tertiary/aromatic N) is 3. The highest BCUT2D eigenvalue weighted by Gasteiger charge is 2.62. The second-order valence-electron chi connectivity index (χ2n) is 7.36. The molecule has 2 amide bonds. The number of benzene rings is 2. The lowest BCUT2D eigenvalue weighted by Crippen LogP contribution is -2.44. The molecular weight excluding hydrogens is 378 g/mol. The minimum absolute atomic E-state index is 0.144. The molecule has 0 aromatic heterocycles. The van der Waals surface area contributed by atoms with E-state index in [2.05, 4.69) is 10.0 Å². The van der Waals surface area contributed by atoms with Crippen molar-refractivity contribution in [1.29, 1.82) is 0 Å². The van der Waals surface area contributed by atoms with Crippen molar-refractivity contribution >= 4 is 29.1 Å². The number of amides is 2. The normalized spacial score (nSPS) is 27.4. The van der Waals surface area contributed by atoms with Crippen LogP contribution in [0.2, 0.25) is 5.02 Å². The molecule has 3 aliphatic rings. The van der Waals surface area contributed by atoms with Gasteiger partial charge >= 0.3 is 0 Å². The van der Waals surface area contributed by atoms with E-state index in [1.54, 1.807) is 31.4 Å². The summed E-state index contributed by atoms with van der Waals surface area (Å²) < 4.78 is 5.19. The molecule has 144 valence electrons. The van der Waals surface area contributed by atoms with Crippen LogP contribution >= 0.6 is 11.6 Å². The van der Waals surface area contributed by atoms with Crippen LogP contribution in [0.1, 0.15) is 18.0 Å². The van der Waals surface area contributed by atoms with Crippen LogP contribution in [0, 0.1) is 5.92 Å². The molecular formula is C21H20ClN3O3. The molecule has 28 heavy (non-hydrogen) atoms. The highest BCUT2D eigenvalue weighted by Crippen LogP contribution is 2.49. The van der Waals surface area contributed by atoms with Gasteiger partial charge in [-0.3, -0.25) is 9.59 Å². The van der Waals surface area contributed by atoms with E-state index < -0.39 is 12.0 Å². The van der Waals surface area contributed by atoms with Gasteiger partial charge in [-0.25, -0.2) is 14.9 Å². The summed E-state index contributed by atoms with van der Waals surface area (Å²) in [4.78, 5) is 28.1. The maximum absolute atomic E-state index is 13.4. The number of carbonyl (C=O) groups is 2. The van der Waals surface area contributed by atoms with Gasteiger partial charge in [0.05, 0.1) is 24.8 Å². The zero-order chi connectivity index (χ0) is 19.4. The molecule has 0 aliphatic carbocycles. The maximum Gasteiger partial charge on any atom is 0.253 e. The van der Waals surface area contributed by atoms with Crippen molar-refractivity contribution in [2.45, 2.75) is 18.5 Å². The summed E-state index contributed by atoms with van der Waals surface area (Å²) in [6.07, 6.45) is 0.983. The van der Waals surface area contributed by atoms with Gasteiger partial charge in [0.1, 0.15) is 11.8 Å². The Balaban J connectivity index is 1.55. The number of halogens is 1. The fraction of sp³-hybridized carbons (Fsp3) is 0.333. The van der Waals surface area contributed by atoms with E-state index in [4.69, 9.17) is 16.3 Å². The van der Waals surface area contributed by atoms with Crippen molar-refractivity contribution in [3.8, 4) is 5.75 Å². The Bertz CT molecular complexity index is 931. The average molecular weight is 398 g/mol. The predicted molar refractivity (Wildman–Crippen MR) is 105 cm³/mol. The Labute approximate surface area is 168 Å². The number of imide groups is 1. The highest BCUT2D eigenvalue weighted by molar-refractivity contribution is 6.30. The van der Waals surface area contributed by atoms with E-state index in [0.29, 0.717) is 16.5 Å². The molecule has 3 fully saturated rings. The van der Waals surface area contributed by atoms with Gasteiger partial charge in [0.25, 0.3) is 5.91 Å². The zero-order valence-corrected chi connectivity index (χ0v) is 16.2. The van der Waals surface area contributed by atoms with Crippen molar-refractivity contribution in [2.75, 3.05) is 25.1 Å². The third-order valence-electron chi connectivity index (χ3n) is 5.95. The summed E-state index contributed by atoms with van der Waals surface area (Å²) in [5.41, 5.74) is 1.60. The lowest BCUT2D eigenvalue weighted by atomic mass is 9.90. The Kier molecular flexibility index (Phi) is 4.16. The van der Waals surface area contributed by atoms with Gasteiger partial charge < -0.3 is 4.74 Å². The summed E-state index contributed by atoms with van der Waals surface area (Å²) in [6, 6.07) is 14.1. The van der Waals surface area contributed by atoms with E-state index in [1.165, 1.54) is 4.90 Å². The molecule has 2 aromatic carbocycles. The Morgan fingerprint density at radius 3 is 2.18 bits per heavy atom. The molecule has 0 bridgehead atoms. The van der Waals surface area contributed by atoms with Crippen LogP contribution in [0.25, 0.3) is 0 Å². The SMILES string of the molecule is COc1ccc(N2C(=O)C3C(C2=O)N2CCCN2C3c2ccc(Cl)cc2)cc1. The molecule has 3 atom stereocenters. The van der Waals surface area contributed by atoms with Gasteiger partial charge in [0, 0.05) is 18.1 Å². The van der Waals surface area contributed by atoms with E-state index in [0.717, 1.165) is 25.1 Å². The van der Waals surface area contributed by atoms with Gasteiger partial charge in [-0.2, -0.15) is 0 Å². The lowest BCUT2D eigenvalue weighted by Gasteiger charge is -2.29. The number of ether oxygens (including phenoxy) is 1. The van der Waals surface area contributed by atoms with Crippen LogP contribution in [0.15, 0.2) is 48.5 Å². The van der Waals surface area contributed by atoms with Crippen LogP contribution in [0.4, 0.5) is 5.69 Å². The summed E-state index contributed by atoms with van der Waals surface area (Å²) >= 11 is 6.06. The zero-order valence-electron chi connectivity index (χ0n) is 15.4. The summed E-state index contributed by atoms with van der Waals surface area (Å²) in [5.74, 6) is -0.0260. The molecule has 7 heteroatoms. The fourth-order valence-corrected chi connectivity index (χ4v) is 4.89. The number of hydrazine groups is 1. The number of methoxy groups -OCH3 is 1. The predicted octanol–water partition coefficient (Wildman–Crippen LogP) is 2.88. The smallest absolute Gasteiger partial charge is 0.253 e. The minimum atomic E-state index is -0.447. The van der Waals surface area contributed by atoms with Crippen molar-refractivity contribution in [2.24, 2.45) is 5.92 Å². The van der Waals surface area contributed by atoms with Crippen molar-refractivity contribution in [3.63, 3.8) is 0 Å². The third kappa shape index (κ3) is 2.49. The van der Waals surface area contributed by atoms with Crippen LogP contribution in [-0.4, -0.2) is 48.1 Å². The molecule has 3 saturated heterocycles. The van der Waals surface area contributed by atoms with Crippen LogP contribution in [0.5, 0.6) is 5.75 Å². The van der Waals surface area contributed by atoms with Crippen LogP contribution < -0.4 is 9.64 Å². The third-order valence-corrected chi connectivity index (χ3v) is 6.20. The summed E-state index contributed by atoms with van der Waals surface area (Å²) in [7, 11) is 1.59. The molecule has 3 aliphatic heterocycles. The maximum atomic E-state index is 13.4. The molecule has 0 N–H and O–H groups in total. The van der Waals surface area contributed by atoms with Crippen LogP contribution in [0.3, 0.4) is 0 Å². The Morgan fingerprint density at radius 2 is 1.54 bits per heavy atom. The quantitative estimate of drug-likeness (QED) is 0.745.